The first-order chi connectivity index (χ1) is 7.04. The van der Waals surface area contributed by atoms with Gasteiger partial charge in [0.2, 0.25) is 5.91 Å². The molecule has 0 aliphatic rings. The zero-order chi connectivity index (χ0) is 11.4. The van der Waals surface area contributed by atoms with Crippen molar-refractivity contribution >= 4 is 29.9 Å². The maximum absolute atomic E-state index is 11.6. The molecule has 90 valence electrons. The molecule has 0 saturated carbocycles. The molecule has 0 saturated heterocycles. The molecule has 1 rings (SSSR count). The van der Waals surface area contributed by atoms with Crippen LogP contribution in [0, 0.1) is 0 Å². The van der Waals surface area contributed by atoms with Gasteiger partial charge >= 0.3 is 0 Å². The normalized spacial score (nSPS) is 13.5. The smallest absolute Gasteiger partial charge is 0.239 e. The molecule has 1 amide bonds. The highest BCUT2D eigenvalue weighted by Crippen LogP contribution is 2.16. The van der Waals surface area contributed by atoms with Crippen molar-refractivity contribution in [1.82, 2.24) is 9.88 Å². The fourth-order valence-corrected chi connectivity index (χ4v) is 1.33. The predicted octanol–water partition coefficient (Wildman–Crippen LogP) is 1.57. The first-order valence-electron chi connectivity index (χ1n) is 4.97. The van der Waals surface area contributed by atoms with Crippen LogP contribution in [0.15, 0.2) is 24.4 Å². The van der Waals surface area contributed by atoms with Crippen LogP contribution in [0.5, 0.6) is 0 Å². The van der Waals surface area contributed by atoms with Crippen LogP contribution in [-0.2, 0) is 4.79 Å². The molecule has 0 radical (unpaired) electrons. The number of hydrogen-bond donors (Lipinski definition) is 1. The SMILES string of the molecule is CC(N)C(=O)N(C)C(C)c1ccccn1.I. The topological polar surface area (TPSA) is 59.2 Å². The van der Waals surface area contributed by atoms with Crippen molar-refractivity contribution in [3.63, 3.8) is 0 Å². The highest BCUT2D eigenvalue weighted by atomic mass is 127. The third-order valence-electron chi connectivity index (χ3n) is 2.43. The van der Waals surface area contributed by atoms with Gasteiger partial charge in [-0.15, -0.1) is 24.0 Å². The second-order valence-electron chi connectivity index (χ2n) is 3.67. The maximum Gasteiger partial charge on any atom is 0.239 e. The summed E-state index contributed by atoms with van der Waals surface area (Å²) in [5.41, 5.74) is 6.41. The number of nitrogens with zero attached hydrogens (tertiary/aromatic N) is 2. The molecule has 2 unspecified atom stereocenters. The third-order valence-corrected chi connectivity index (χ3v) is 2.43. The van der Waals surface area contributed by atoms with E-state index in [0.29, 0.717) is 0 Å². The Hall–Kier alpha value is -0.690. The van der Waals surface area contributed by atoms with Gasteiger partial charge in [0.25, 0.3) is 0 Å². The summed E-state index contributed by atoms with van der Waals surface area (Å²) < 4.78 is 0. The molecule has 0 spiro atoms. The largest absolute Gasteiger partial charge is 0.336 e. The summed E-state index contributed by atoms with van der Waals surface area (Å²) in [5.74, 6) is -0.0758. The Bertz CT molecular complexity index is 329. The summed E-state index contributed by atoms with van der Waals surface area (Å²) >= 11 is 0. The Kier molecular flexibility index (Phi) is 6.51. The monoisotopic (exact) mass is 335 g/mol. The van der Waals surface area contributed by atoms with Gasteiger partial charge in [0, 0.05) is 13.2 Å². The number of hydrogen-bond acceptors (Lipinski definition) is 3. The van der Waals surface area contributed by atoms with Crippen LogP contribution >= 0.6 is 24.0 Å². The van der Waals surface area contributed by atoms with Crippen molar-refractivity contribution in [1.29, 1.82) is 0 Å². The molecule has 0 aromatic carbocycles. The van der Waals surface area contributed by atoms with Crippen LogP contribution in [0.1, 0.15) is 25.6 Å². The first kappa shape index (κ1) is 15.3. The van der Waals surface area contributed by atoms with E-state index in [-0.39, 0.29) is 35.9 Å². The summed E-state index contributed by atoms with van der Waals surface area (Å²) in [5, 5.41) is 0. The highest BCUT2D eigenvalue weighted by molar-refractivity contribution is 14.0. The number of aromatic nitrogens is 1. The molecule has 2 atom stereocenters. The van der Waals surface area contributed by atoms with E-state index < -0.39 is 6.04 Å². The van der Waals surface area contributed by atoms with Gasteiger partial charge in [0.05, 0.1) is 17.8 Å². The van der Waals surface area contributed by atoms with Gasteiger partial charge in [-0.3, -0.25) is 9.78 Å². The molecule has 0 aliphatic heterocycles. The van der Waals surface area contributed by atoms with Crippen LogP contribution in [0.25, 0.3) is 0 Å². The molecule has 5 heteroatoms. The lowest BCUT2D eigenvalue weighted by molar-refractivity contribution is -0.132. The van der Waals surface area contributed by atoms with E-state index in [1.807, 2.05) is 25.1 Å². The Morgan fingerprint density at radius 1 is 1.44 bits per heavy atom. The number of pyridine rings is 1. The van der Waals surface area contributed by atoms with Crippen LogP contribution in [-0.4, -0.2) is 28.9 Å². The second kappa shape index (κ2) is 6.80. The summed E-state index contributed by atoms with van der Waals surface area (Å²) in [7, 11) is 1.74. The zero-order valence-electron chi connectivity index (χ0n) is 9.75. The quantitative estimate of drug-likeness (QED) is 0.853. The van der Waals surface area contributed by atoms with Gasteiger partial charge in [-0.1, -0.05) is 6.07 Å². The summed E-state index contributed by atoms with van der Waals surface area (Å²) in [4.78, 5) is 17.5. The lowest BCUT2D eigenvalue weighted by Crippen LogP contribution is -2.41. The number of nitrogens with two attached hydrogens (primary N) is 1. The number of carbonyl (C=O) groups excluding carboxylic acids is 1. The van der Waals surface area contributed by atoms with Gasteiger partial charge in [-0.05, 0) is 26.0 Å². The number of carbonyl (C=O) groups is 1. The van der Waals surface area contributed by atoms with E-state index in [1.165, 1.54) is 0 Å². The Balaban J connectivity index is 0.00000225. The first-order valence-corrected chi connectivity index (χ1v) is 4.97. The lowest BCUT2D eigenvalue weighted by Gasteiger charge is -2.25. The van der Waals surface area contributed by atoms with Gasteiger partial charge in [0.1, 0.15) is 0 Å². The van der Waals surface area contributed by atoms with Crippen LogP contribution in [0.2, 0.25) is 0 Å². The standard InChI is InChI=1S/C11H17N3O.HI/c1-8(12)11(15)14(3)9(2)10-6-4-5-7-13-10;/h4-9H,12H2,1-3H3;1H. The minimum atomic E-state index is -0.471. The van der Waals surface area contributed by atoms with Crippen molar-refractivity contribution in [2.24, 2.45) is 5.73 Å². The molecule has 0 aliphatic carbocycles. The van der Waals surface area contributed by atoms with Crippen LogP contribution in [0.4, 0.5) is 0 Å². The molecule has 1 heterocycles. The lowest BCUT2D eigenvalue weighted by atomic mass is 10.1. The van der Waals surface area contributed by atoms with Crippen molar-refractivity contribution < 1.29 is 4.79 Å². The average Bonchev–Trinajstić information content (AvgIpc) is 2.27. The number of amides is 1. The van der Waals surface area contributed by atoms with Gasteiger partial charge in [-0.25, -0.2) is 0 Å². The van der Waals surface area contributed by atoms with Crippen LogP contribution in [0.3, 0.4) is 0 Å². The molecule has 1 aromatic rings. The van der Waals surface area contributed by atoms with Gasteiger partial charge in [0.15, 0.2) is 0 Å². The van der Waals surface area contributed by atoms with Crippen molar-refractivity contribution in [2.75, 3.05) is 7.05 Å². The van der Waals surface area contributed by atoms with Crippen LogP contribution < -0.4 is 5.73 Å². The third kappa shape index (κ3) is 3.71. The summed E-state index contributed by atoms with van der Waals surface area (Å²) in [6, 6.07) is 5.13. The van der Waals surface area contributed by atoms with Crippen molar-refractivity contribution in [3.8, 4) is 0 Å². The fourth-order valence-electron chi connectivity index (χ4n) is 1.33. The highest BCUT2D eigenvalue weighted by Gasteiger charge is 2.20. The Morgan fingerprint density at radius 3 is 2.50 bits per heavy atom. The predicted molar refractivity (Wildman–Crippen MR) is 74.5 cm³/mol. The minimum Gasteiger partial charge on any atom is -0.336 e. The number of halogens is 1. The van der Waals surface area contributed by atoms with E-state index in [4.69, 9.17) is 5.73 Å². The average molecular weight is 335 g/mol. The number of likely N-dealkylation sites (N-methyl/N-ethyl adjacent to an activating group) is 1. The van der Waals surface area contributed by atoms with E-state index in [0.717, 1.165) is 5.69 Å². The van der Waals surface area contributed by atoms with E-state index in [1.54, 1.807) is 25.1 Å². The zero-order valence-corrected chi connectivity index (χ0v) is 12.1. The molecular weight excluding hydrogens is 317 g/mol. The minimum absolute atomic E-state index is 0. The van der Waals surface area contributed by atoms with E-state index in [2.05, 4.69) is 4.98 Å². The van der Waals surface area contributed by atoms with E-state index in [9.17, 15) is 4.79 Å². The Labute approximate surface area is 113 Å². The molecular formula is C11H18IN3O. The molecule has 1 aromatic heterocycles. The summed E-state index contributed by atoms with van der Waals surface area (Å²) in [6.07, 6.45) is 1.72. The molecule has 4 nitrogen and oxygen atoms in total. The molecule has 0 bridgehead atoms. The van der Waals surface area contributed by atoms with Gasteiger partial charge < -0.3 is 10.6 Å². The molecule has 16 heavy (non-hydrogen) atoms. The fraction of sp³-hybridized carbons (Fsp3) is 0.455. The molecule has 2 N–H and O–H groups in total. The maximum atomic E-state index is 11.6. The Morgan fingerprint density at radius 2 is 2.06 bits per heavy atom. The van der Waals surface area contributed by atoms with Crippen molar-refractivity contribution in [2.45, 2.75) is 25.9 Å². The molecule has 0 fully saturated rings. The number of rotatable bonds is 3. The second-order valence-corrected chi connectivity index (χ2v) is 3.67. The van der Waals surface area contributed by atoms with Gasteiger partial charge in [-0.2, -0.15) is 0 Å². The van der Waals surface area contributed by atoms with E-state index >= 15 is 0 Å². The summed E-state index contributed by atoms with van der Waals surface area (Å²) in [6.45, 7) is 3.62. The van der Waals surface area contributed by atoms with Crippen molar-refractivity contribution in [3.05, 3.63) is 30.1 Å².